The summed E-state index contributed by atoms with van der Waals surface area (Å²) in [6.45, 7) is 7.52. The molecular formula is C35H43F2N3O7S. The smallest absolute Gasteiger partial charge is 0.410 e. The van der Waals surface area contributed by atoms with Crippen LogP contribution in [-0.4, -0.2) is 80.8 Å². The molecule has 3 atom stereocenters. The molecule has 1 N–H and O–H groups in total. The molecule has 1 fully saturated rings. The maximum atomic E-state index is 16.4. The lowest BCUT2D eigenvalue weighted by Crippen LogP contribution is -2.49. The van der Waals surface area contributed by atoms with E-state index in [1.165, 1.54) is 9.80 Å². The third-order valence-corrected chi connectivity index (χ3v) is 8.80. The Morgan fingerprint density at radius 2 is 1.67 bits per heavy atom. The first-order chi connectivity index (χ1) is 22.7. The molecule has 1 aliphatic rings. The number of amides is 2. The van der Waals surface area contributed by atoms with E-state index in [9.17, 15) is 22.4 Å². The summed E-state index contributed by atoms with van der Waals surface area (Å²) in [5.41, 5.74) is 1.03. The maximum absolute atomic E-state index is 16.4. The summed E-state index contributed by atoms with van der Waals surface area (Å²) in [7, 11) is -2.70. The van der Waals surface area contributed by atoms with Crippen molar-refractivity contribution in [3.05, 3.63) is 89.7 Å². The van der Waals surface area contributed by atoms with Crippen LogP contribution in [0, 0.1) is 11.7 Å². The number of benzene rings is 3. The van der Waals surface area contributed by atoms with Gasteiger partial charge in [0.1, 0.15) is 30.4 Å². The highest BCUT2D eigenvalue weighted by molar-refractivity contribution is 7.89. The standard InChI is InChI=1S/C35H43F2N3O7S/c1-24-21-40(34(42)46-22-25-12-7-6-8-13-25)29(32(24)38-48(43,44)23-36)20-26-14-11-16-28(31(26)37)27-15-9-10-17-30(27)45-19-18-39(5)33(41)47-35(2,3)4/h6-17,24,29,32,38H,18-23H2,1-5H3/t24-,29-,32-/m0/s1. The zero-order valence-corrected chi connectivity index (χ0v) is 28.6. The summed E-state index contributed by atoms with van der Waals surface area (Å²) in [5, 5.41) is 0. The van der Waals surface area contributed by atoms with Gasteiger partial charge in [0.15, 0.2) is 0 Å². The number of rotatable bonds is 12. The Morgan fingerprint density at radius 1 is 1.00 bits per heavy atom. The molecule has 10 nitrogen and oxygen atoms in total. The number of ether oxygens (including phenoxy) is 3. The second-order valence-corrected chi connectivity index (χ2v) is 14.5. The van der Waals surface area contributed by atoms with Gasteiger partial charge in [0.2, 0.25) is 16.0 Å². The highest BCUT2D eigenvalue weighted by Gasteiger charge is 2.44. The zero-order valence-electron chi connectivity index (χ0n) is 27.8. The monoisotopic (exact) mass is 687 g/mol. The quantitative estimate of drug-likeness (QED) is 0.243. The Bertz CT molecular complexity index is 1670. The Labute approximate surface area is 281 Å². The molecule has 0 radical (unpaired) electrons. The molecule has 0 aliphatic carbocycles. The number of halogens is 2. The molecule has 1 aliphatic heterocycles. The van der Waals surface area contributed by atoms with Gasteiger partial charge in [0.05, 0.1) is 12.6 Å². The number of hydrogen-bond donors (Lipinski definition) is 1. The number of nitrogens with zero attached hydrogens (tertiary/aromatic N) is 2. The number of likely N-dealkylation sites (N-methyl/N-ethyl adjacent to an activating group) is 1. The molecule has 0 aromatic heterocycles. The van der Waals surface area contributed by atoms with Crippen LogP contribution < -0.4 is 9.46 Å². The molecule has 1 heterocycles. The molecule has 4 rings (SSSR count). The summed E-state index contributed by atoms with van der Waals surface area (Å²) >= 11 is 0. The fourth-order valence-corrected chi connectivity index (χ4v) is 6.39. The van der Waals surface area contributed by atoms with Crippen LogP contribution in [0.25, 0.3) is 11.1 Å². The minimum absolute atomic E-state index is 0.00760. The van der Waals surface area contributed by atoms with E-state index in [1.807, 2.05) is 18.2 Å². The van der Waals surface area contributed by atoms with Crippen LogP contribution in [0.5, 0.6) is 5.75 Å². The van der Waals surface area contributed by atoms with Crippen molar-refractivity contribution in [3.63, 3.8) is 0 Å². The van der Waals surface area contributed by atoms with E-state index in [0.717, 1.165) is 5.56 Å². The third kappa shape index (κ3) is 9.66. The van der Waals surface area contributed by atoms with Crippen molar-refractivity contribution in [3.8, 4) is 16.9 Å². The first-order valence-corrected chi connectivity index (χ1v) is 17.3. The fourth-order valence-electron chi connectivity index (χ4n) is 5.52. The number of para-hydroxylation sites is 1. The molecule has 0 spiro atoms. The van der Waals surface area contributed by atoms with Crippen molar-refractivity contribution in [2.45, 2.75) is 58.4 Å². The van der Waals surface area contributed by atoms with E-state index >= 15 is 4.39 Å². The lowest BCUT2D eigenvalue weighted by molar-refractivity contribution is 0.0278. The SMILES string of the molecule is C[C@H]1CN(C(=O)OCc2ccccc2)[C@@H](Cc2cccc(-c3ccccc3OCCN(C)C(=O)OC(C)(C)C)c2F)[C@H]1NS(=O)(=O)CF. The zero-order chi connectivity index (χ0) is 35.1. The van der Waals surface area contributed by atoms with E-state index in [2.05, 4.69) is 4.72 Å². The van der Waals surface area contributed by atoms with E-state index in [1.54, 1.807) is 89.3 Å². The molecule has 1 saturated heterocycles. The lowest BCUT2D eigenvalue weighted by Gasteiger charge is -2.28. The minimum Gasteiger partial charge on any atom is -0.491 e. The predicted molar refractivity (Wildman–Crippen MR) is 178 cm³/mol. The van der Waals surface area contributed by atoms with Crippen molar-refractivity contribution in [1.82, 2.24) is 14.5 Å². The number of carbonyl (C=O) groups is 2. The van der Waals surface area contributed by atoms with Crippen LogP contribution >= 0.6 is 0 Å². The van der Waals surface area contributed by atoms with Gasteiger partial charge in [-0.1, -0.05) is 73.7 Å². The molecule has 3 aromatic rings. The van der Waals surface area contributed by atoms with E-state index in [0.29, 0.717) is 11.3 Å². The Kier molecular flexibility index (Phi) is 12.0. The molecule has 260 valence electrons. The molecule has 0 bridgehead atoms. The highest BCUT2D eigenvalue weighted by atomic mass is 32.2. The average molecular weight is 688 g/mol. The van der Waals surface area contributed by atoms with Gasteiger partial charge in [-0.2, -0.15) is 0 Å². The van der Waals surface area contributed by atoms with Gasteiger partial charge >= 0.3 is 12.2 Å². The Morgan fingerprint density at radius 3 is 2.35 bits per heavy atom. The van der Waals surface area contributed by atoms with Crippen LogP contribution in [0.3, 0.4) is 0 Å². The van der Waals surface area contributed by atoms with Gasteiger partial charge in [-0.15, -0.1) is 0 Å². The fraction of sp³-hybridized carbons (Fsp3) is 0.429. The van der Waals surface area contributed by atoms with Crippen LogP contribution in [0.15, 0.2) is 72.8 Å². The number of carbonyl (C=O) groups excluding carboxylic acids is 2. The summed E-state index contributed by atoms with van der Waals surface area (Å²) in [6, 6.07) is 17.4. The number of nitrogens with one attached hydrogen (secondary N) is 1. The molecule has 0 unspecified atom stereocenters. The van der Waals surface area contributed by atoms with Gasteiger partial charge in [-0.3, -0.25) is 0 Å². The Balaban J connectivity index is 1.56. The number of likely N-dealkylation sites (tertiary alicyclic amines) is 1. The van der Waals surface area contributed by atoms with E-state index in [-0.39, 0.29) is 43.9 Å². The van der Waals surface area contributed by atoms with Crippen LogP contribution in [0.4, 0.5) is 18.4 Å². The Hall–Kier alpha value is -4.23. The molecular weight excluding hydrogens is 644 g/mol. The van der Waals surface area contributed by atoms with Gasteiger partial charge in [-0.25, -0.2) is 31.5 Å². The maximum Gasteiger partial charge on any atom is 0.410 e. The lowest BCUT2D eigenvalue weighted by atomic mass is 9.93. The van der Waals surface area contributed by atoms with Gasteiger partial charge in [0.25, 0.3) is 0 Å². The first-order valence-electron chi connectivity index (χ1n) is 15.7. The van der Waals surface area contributed by atoms with Crippen molar-refractivity contribution >= 4 is 22.2 Å². The van der Waals surface area contributed by atoms with Crippen LogP contribution in [0.1, 0.15) is 38.8 Å². The highest BCUT2D eigenvalue weighted by Crippen LogP contribution is 2.35. The van der Waals surface area contributed by atoms with Crippen molar-refractivity contribution in [2.75, 3.05) is 32.8 Å². The summed E-state index contributed by atoms with van der Waals surface area (Å²) < 4.78 is 73.7. The summed E-state index contributed by atoms with van der Waals surface area (Å²) in [4.78, 5) is 28.4. The van der Waals surface area contributed by atoms with E-state index < -0.39 is 57.6 Å². The number of hydrogen-bond acceptors (Lipinski definition) is 7. The molecule has 3 aromatic carbocycles. The van der Waals surface area contributed by atoms with Gasteiger partial charge < -0.3 is 24.0 Å². The van der Waals surface area contributed by atoms with Crippen molar-refractivity contribution in [2.24, 2.45) is 5.92 Å². The molecule has 13 heteroatoms. The second-order valence-electron chi connectivity index (χ2n) is 12.8. The van der Waals surface area contributed by atoms with Gasteiger partial charge in [0, 0.05) is 30.8 Å². The predicted octanol–water partition coefficient (Wildman–Crippen LogP) is 6.15. The molecule has 2 amide bonds. The second kappa shape index (κ2) is 15.8. The molecule has 48 heavy (non-hydrogen) atoms. The van der Waals surface area contributed by atoms with Crippen LogP contribution in [-0.2, 0) is 32.5 Å². The van der Waals surface area contributed by atoms with Gasteiger partial charge in [-0.05, 0) is 50.3 Å². The third-order valence-electron chi connectivity index (χ3n) is 7.89. The first kappa shape index (κ1) is 36.6. The van der Waals surface area contributed by atoms with Crippen molar-refractivity contribution in [1.29, 1.82) is 0 Å². The largest absolute Gasteiger partial charge is 0.491 e. The minimum atomic E-state index is -4.30. The number of alkyl halides is 1. The summed E-state index contributed by atoms with van der Waals surface area (Å²) in [6.07, 6.45) is -1.26. The van der Waals surface area contributed by atoms with E-state index in [4.69, 9.17) is 14.2 Å². The normalized spacial score (nSPS) is 18.0. The van der Waals surface area contributed by atoms with Crippen molar-refractivity contribution < 1.29 is 41.0 Å². The summed E-state index contributed by atoms with van der Waals surface area (Å²) in [5.74, 6) is -0.608. The number of sulfonamides is 1. The average Bonchev–Trinajstić information content (AvgIpc) is 3.34. The molecule has 0 saturated carbocycles. The van der Waals surface area contributed by atoms with Crippen LogP contribution in [0.2, 0.25) is 0 Å². The topological polar surface area (TPSA) is 114 Å².